The van der Waals surface area contributed by atoms with Crippen molar-refractivity contribution in [3.8, 4) is 0 Å². The molecule has 1 aromatic carbocycles. The summed E-state index contributed by atoms with van der Waals surface area (Å²) in [4.78, 5) is 24.7. The van der Waals surface area contributed by atoms with E-state index in [9.17, 15) is 4.79 Å². The molecule has 0 saturated heterocycles. The third kappa shape index (κ3) is 2.82. The molecule has 0 spiro atoms. The van der Waals surface area contributed by atoms with Crippen LogP contribution in [0.25, 0.3) is 16.5 Å². The second kappa shape index (κ2) is 6.87. The molecule has 29 heavy (non-hydrogen) atoms. The average molecular weight is 404 g/mol. The Morgan fingerprint density at radius 3 is 3.03 bits per heavy atom. The van der Waals surface area contributed by atoms with Crippen LogP contribution in [-0.2, 0) is 11.3 Å². The number of fused-ring (bicyclic) bond motifs is 2. The van der Waals surface area contributed by atoms with Crippen molar-refractivity contribution in [2.75, 3.05) is 7.11 Å². The number of nitrogens with one attached hydrogen (secondary N) is 3. The predicted molar refractivity (Wildman–Crippen MR) is 110 cm³/mol. The first-order valence-corrected chi connectivity index (χ1v) is 9.80. The summed E-state index contributed by atoms with van der Waals surface area (Å²) in [6.45, 7) is 0.179. The molecule has 4 aromatic rings. The number of nitrogens with zero attached hydrogens (tertiary/aromatic N) is 3. The van der Waals surface area contributed by atoms with Gasteiger partial charge in [0.15, 0.2) is 0 Å². The third-order valence-electron chi connectivity index (χ3n) is 4.93. The van der Waals surface area contributed by atoms with Gasteiger partial charge in [-0.1, -0.05) is 18.2 Å². The molecule has 5 rings (SSSR count). The van der Waals surface area contributed by atoms with Gasteiger partial charge in [0.05, 0.1) is 28.7 Å². The normalized spacial score (nSPS) is 16.1. The maximum atomic E-state index is 12.9. The number of allylic oxidation sites excluding steroid dienone is 1. The van der Waals surface area contributed by atoms with Crippen LogP contribution in [0, 0.1) is 5.41 Å². The Morgan fingerprint density at radius 1 is 1.34 bits per heavy atom. The lowest BCUT2D eigenvalue weighted by atomic mass is 9.81. The zero-order valence-corrected chi connectivity index (χ0v) is 16.2. The van der Waals surface area contributed by atoms with Crippen molar-refractivity contribution in [1.82, 2.24) is 25.1 Å². The standard InChI is InChI=1S/C20H16N6O2S/c1-28-9-15-24-18-12(20-22-5-6-29-20)7-11(17(21)16(18)19(27)25-15)10-3-2-4-14-13(10)8-23-26-14/h2-8,11,21H,9H2,1H3,(H,23,26)(H,24,25,27). The summed E-state index contributed by atoms with van der Waals surface area (Å²) >= 11 is 1.47. The minimum Gasteiger partial charge on any atom is -0.377 e. The molecule has 9 heteroatoms. The second-order valence-electron chi connectivity index (χ2n) is 6.66. The van der Waals surface area contributed by atoms with Crippen molar-refractivity contribution in [1.29, 1.82) is 5.41 Å². The van der Waals surface area contributed by atoms with Gasteiger partial charge in [-0.2, -0.15) is 5.10 Å². The molecule has 0 radical (unpaired) electrons. The quantitative estimate of drug-likeness (QED) is 0.483. The molecule has 1 aliphatic carbocycles. The highest BCUT2D eigenvalue weighted by molar-refractivity contribution is 7.10. The molecule has 0 amide bonds. The number of thiazole rings is 1. The number of rotatable bonds is 4. The van der Waals surface area contributed by atoms with Gasteiger partial charge >= 0.3 is 0 Å². The number of aromatic nitrogens is 5. The number of benzene rings is 1. The summed E-state index contributed by atoms with van der Waals surface area (Å²) in [5.74, 6) is 0.000711. The molecular weight excluding hydrogens is 388 g/mol. The van der Waals surface area contributed by atoms with E-state index in [-0.39, 0.29) is 23.4 Å². The first kappa shape index (κ1) is 17.7. The Hall–Kier alpha value is -3.43. The van der Waals surface area contributed by atoms with Gasteiger partial charge in [-0.15, -0.1) is 11.3 Å². The van der Waals surface area contributed by atoms with E-state index in [0.717, 1.165) is 27.0 Å². The minimum atomic E-state index is -0.418. The molecule has 0 aliphatic heterocycles. The molecule has 3 heterocycles. The number of methoxy groups -OCH3 is 1. The van der Waals surface area contributed by atoms with Crippen molar-refractivity contribution in [2.24, 2.45) is 0 Å². The first-order valence-electron chi connectivity index (χ1n) is 8.92. The fraction of sp³-hybridized carbons (Fsp3) is 0.150. The van der Waals surface area contributed by atoms with E-state index in [4.69, 9.17) is 10.1 Å². The van der Waals surface area contributed by atoms with Crippen molar-refractivity contribution < 1.29 is 4.74 Å². The van der Waals surface area contributed by atoms with Crippen LogP contribution >= 0.6 is 11.3 Å². The number of hydrogen-bond acceptors (Lipinski definition) is 7. The largest absolute Gasteiger partial charge is 0.377 e. The van der Waals surface area contributed by atoms with Gasteiger partial charge in [-0.05, 0) is 11.6 Å². The van der Waals surface area contributed by atoms with Gasteiger partial charge in [-0.25, -0.2) is 9.97 Å². The third-order valence-corrected chi connectivity index (χ3v) is 5.74. The Bertz CT molecular complexity index is 1320. The smallest absolute Gasteiger partial charge is 0.260 e. The van der Waals surface area contributed by atoms with E-state index < -0.39 is 5.92 Å². The van der Waals surface area contributed by atoms with Crippen LogP contribution in [0.2, 0.25) is 0 Å². The number of aromatic amines is 2. The van der Waals surface area contributed by atoms with Gasteiger partial charge in [0, 0.05) is 35.6 Å². The monoisotopic (exact) mass is 404 g/mol. The topological polar surface area (TPSA) is 120 Å². The van der Waals surface area contributed by atoms with E-state index in [0.29, 0.717) is 11.5 Å². The zero-order valence-electron chi connectivity index (χ0n) is 15.4. The van der Waals surface area contributed by atoms with Gasteiger partial charge < -0.3 is 15.1 Å². The van der Waals surface area contributed by atoms with Gasteiger partial charge in [0.2, 0.25) is 0 Å². The average Bonchev–Trinajstić information content (AvgIpc) is 3.40. The molecule has 0 fully saturated rings. The van der Waals surface area contributed by atoms with Crippen LogP contribution in [0.1, 0.15) is 33.6 Å². The van der Waals surface area contributed by atoms with Crippen LogP contribution in [-0.4, -0.2) is 38.0 Å². The lowest BCUT2D eigenvalue weighted by Crippen LogP contribution is -2.30. The van der Waals surface area contributed by atoms with Gasteiger partial charge in [0.25, 0.3) is 5.56 Å². The number of ether oxygens (including phenoxy) is 1. The summed E-state index contributed by atoms with van der Waals surface area (Å²) in [6, 6.07) is 5.81. The van der Waals surface area contributed by atoms with E-state index >= 15 is 0 Å². The van der Waals surface area contributed by atoms with Gasteiger partial charge in [-0.3, -0.25) is 9.89 Å². The van der Waals surface area contributed by atoms with E-state index in [2.05, 4.69) is 25.1 Å². The maximum absolute atomic E-state index is 12.9. The zero-order chi connectivity index (χ0) is 20.0. The van der Waals surface area contributed by atoms with Crippen LogP contribution in [0.5, 0.6) is 0 Å². The summed E-state index contributed by atoms with van der Waals surface area (Å²) in [7, 11) is 1.54. The van der Waals surface area contributed by atoms with Crippen molar-refractivity contribution >= 4 is 33.5 Å². The predicted octanol–water partition coefficient (Wildman–Crippen LogP) is 2.85. The molecule has 3 aromatic heterocycles. The van der Waals surface area contributed by atoms with Crippen LogP contribution in [0.15, 0.2) is 46.8 Å². The first-order chi connectivity index (χ1) is 14.2. The van der Waals surface area contributed by atoms with Crippen LogP contribution in [0.3, 0.4) is 0 Å². The SMILES string of the molecule is COCc1nc2c(c(=O)[nH]1)C(=N)C(c1cccc3[nH]ncc13)C=C2c1nccs1. The molecular formula is C20H16N6O2S. The minimum absolute atomic E-state index is 0.179. The highest BCUT2D eigenvalue weighted by Gasteiger charge is 2.32. The fourth-order valence-electron chi connectivity index (χ4n) is 3.69. The summed E-state index contributed by atoms with van der Waals surface area (Å²) in [6.07, 6.45) is 5.43. The Kier molecular flexibility index (Phi) is 4.18. The Labute approximate surface area is 168 Å². The van der Waals surface area contributed by atoms with Crippen molar-refractivity contribution in [3.63, 3.8) is 0 Å². The summed E-state index contributed by atoms with van der Waals surface area (Å²) in [5, 5.41) is 19.5. The van der Waals surface area contributed by atoms with Crippen LogP contribution in [0.4, 0.5) is 0 Å². The molecule has 1 unspecified atom stereocenters. The van der Waals surface area contributed by atoms with E-state index in [1.165, 1.54) is 11.3 Å². The lowest BCUT2D eigenvalue weighted by molar-refractivity contribution is 0.177. The highest BCUT2D eigenvalue weighted by atomic mass is 32.1. The molecule has 1 aliphatic rings. The maximum Gasteiger partial charge on any atom is 0.260 e. The van der Waals surface area contributed by atoms with E-state index in [1.807, 2.05) is 29.7 Å². The van der Waals surface area contributed by atoms with Crippen LogP contribution < -0.4 is 5.56 Å². The molecule has 3 N–H and O–H groups in total. The van der Waals surface area contributed by atoms with Crippen molar-refractivity contribution in [2.45, 2.75) is 12.5 Å². The Balaban J connectivity index is 1.77. The molecule has 0 bridgehead atoms. The number of hydrogen-bond donors (Lipinski definition) is 3. The molecule has 8 nitrogen and oxygen atoms in total. The van der Waals surface area contributed by atoms with E-state index in [1.54, 1.807) is 19.5 Å². The summed E-state index contributed by atoms with van der Waals surface area (Å²) < 4.78 is 5.13. The molecule has 144 valence electrons. The fourth-order valence-corrected chi connectivity index (χ4v) is 4.35. The molecule has 0 saturated carbocycles. The Morgan fingerprint density at radius 2 is 2.24 bits per heavy atom. The highest BCUT2D eigenvalue weighted by Crippen LogP contribution is 2.38. The lowest BCUT2D eigenvalue weighted by Gasteiger charge is -2.24. The summed E-state index contributed by atoms with van der Waals surface area (Å²) in [5.41, 5.74) is 3.12. The molecule has 1 atom stereocenters. The van der Waals surface area contributed by atoms with Gasteiger partial charge in [0.1, 0.15) is 17.4 Å². The number of H-pyrrole nitrogens is 2. The second-order valence-corrected chi connectivity index (χ2v) is 7.55. The van der Waals surface area contributed by atoms with Crippen molar-refractivity contribution in [3.05, 3.63) is 80.1 Å².